The summed E-state index contributed by atoms with van der Waals surface area (Å²) in [6, 6.07) is 15.1. The monoisotopic (exact) mass is 340 g/mol. The van der Waals surface area contributed by atoms with E-state index in [1.165, 1.54) is 5.56 Å². The number of rotatable bonds is 4. The van der Waals surface area contributed by atoms with Gasteiger partial charge in [-0.3, -0.25) is 0 Å². The number of ether oxygens (including phenoxy) is 1. The molecule has 2 amide bonds. The Morgan fingerprint density at radius 2 is 1.84 bits per heavy atom. The first-order valence-corrected chi connectivity index (χ1v) is 8.61. The molecule has 2 aromatic rings. The smallest absolute Gasteiger partial charge is 0.317 e. The Morgan fingerprint density at radius 1 is 1.16 bits per heavy atom. The van der Waals surface area contributed by atoms with Crippen LogP contribution in [-0.2, 0) is 6.54 Å². The summed E-state index contributed by atoms with van der Waals surface area (Å²) in [5.74, 6) is 1.52. The van der Waals surface area contributed by atoms with Crippen molar-refractivity contribution in [2.45, 2.75) is 25.3 Å². The van der Waals surface area contributed by atoms with Crippen LogP contribution in [0.1, 0.15) is 29.9 Å². The maximum atomic E-state index is 12.4. The van der Waals surface area contributed by atoms with Crippen molar-refractivity contribution in [1.82, 2.24) is 10.2 Å². The second-order valence-corrected chi connectivity index (χ2v) is 6.32. The summed E-state index contributed by atoms with van der Waals surface area (Å²) >= 11 is 0. The van der Waals surface area contributed by atoms with E-state index in [0.717, 1.165) is 37.2 Å². The summed E-state index contributed by atoms with van der Waals surface area (Å²) in [5, 5.41) is 12.4. The molecule has 5 heteroatoms. The first-order chi connectivity index (χ1) is 12.2. The van der Waals surface area contributed by atoms with E-state index in [1.54, 1.807) is 19.2 Å². The third kappa shape index (κ3) is 4.24. The van der Waals surface area contributed by atoms with Crippen molar-refractivity contribution in [1.29, 1.82) is 0 Å². The molecule has 1 saturated heterocycles. The first-order valence-electron chi connectivity index (χ1n) is 8.61. The van der Waals surface area contributed by atoms with Gasteiger partial charge in [0.1, 0.15) is 11.5 Å². The lowest BCUT2D eigenvalue weighted by atomic mass is 9.89. The minimum absolute atomic E-state index is 0.0323. The van der Waals surface area contributed by atoms with E-state index in [9.17, 15) is 9.90 Å². The second kappa shape index (κ2) is 7.92. The highest BCUT2D eigenvalue weighted by Crippen LogP contribution is 2.29. The predicted molar refractivity (Wildman–Crippen MR) is 96.9 cm³/mol. The third-order valence-corrected chi connectivity index (χ3v) is 4.77. The molecule has 0 unspecified atom stereocenters. The number of amides is 2. The Bertz CT molecular complexity index is 707. The molecule has 25 heavy (non-hydrogen) atoms. The summed E-state index contributed by atoms with van der Waals surface area (Å²) in [6.45, 7) is 1.94. The van der Waals surface area contributed by atoms with Gasteiger partial charge < -0.3 is 20.1 Å². The molecule has 0 aliphatic carbocycles. The average molecular weight is 340 g/mol. The van der Waals surface area contributed by atoms with Crippen molar-refractivity contribution in [3.8, 4) is 11.5 Å². The van der Waals surface area contributed by atoms with Crippen molar-refractivity contribution in [3.63, 3.8) is 0 Å². The topological polar surface area (TPSA) is 61.8 Å². The Hall–Kier alpha value is -2.69. The summed E-state index contributed by atoms with van der Waals surface area (Å²) in [7, 11) is 1.63. The highest BCUT2D eigenvalue weighted by molar-refractivity contribution is 5.74. The summed E-state index contributed by atoms with van der Waals surface area (Å²) in [4.78, 5) is 14.3. The van der Waals surface area contributed by atoms with Crippen LogP contribution in [0.4, 0.5) is 4.79 Å². The molecule has 1 heterocycles. The Morgan fingerprint density at radius 3 is 2.52 bits per heavy atom. The van der Waals surface area contributed by atoms with Gasteiger partial charge in [-0.2, -0.15) is 0 Å². The lowest BCUT2D eigenvalue weighted by Crippen LogP contribution is -2.43. The van der Waals surface area contributed by atoms with Crippen LogP contribution in [0.5, 0.6) is 11.5 Å². The number of carbonyl (C=O) groups excluding carboxylic acids is 1. The van der Waals surface area contributed by atoms with Crippen molar-refractivity contribution in [2.24, 2.45) is 0 Å². The van der Waals surface area contributed by atoms with Crippen LogP contribution in [0.3, 0.4) is 0 Å². The molecule has 0 saturated carbocycles. The largest absolute Gasteiger partial charge is 0.508 e. The number of phenolic OH excluding ortho intramolecular Hbond substituents is 1. The fraction of sp³-hybridized carbons (Fsp3) is 0.350. The SMILES string of the molecule is COc1ccccc1CNC(=O)N1CCC(c2ccc(O)cc2)CC1. The van der Waals surface area contributed by atoms with Gasteiger partial charge in [0.05, 0.1) is 7.11 Å². The van der Waals surface area contributed by atoms with Gasteiger partial charge in [-0.05, 0) is 42.5 Å². The Balaban J connectivity index is 1.50. The van der Waals surface area contributed by atoms with E-state index < -0.39 is 0 Å². The molecule has 1 fully saturated rings. The molecule has 0 radical (unpaired) electrons. The third-order valence-electron chi connectivity index (χ3n) is 4.77. The van der Waals surface area contributed by atoms with Gasteiger partial charge in [-0.1, -0.05) is 30.3 Å². The van der Waals surface area contributed by atoms with Crippen LogP contribution in [0, 0.1) is 0 Å². The van der Waals surface area contributed by atoms with Crippen LogP contribution in [-0.4, -0.2) is 36.2 Å². The lowest BCUT2D eigenvalue weighted by Gasteiger charge is -2.32. The summed E-state index contributed by atoms with van der Waals surface area (Å²) < 4.78 is 5.31. The number of hydrogen-bond donors (Lipinski definition) is 2. The highest BCUT2D eigenvalue weighted by atomic mass is 16.5. The predicted octanol–water partition coefficient (Wildman–Crippen LogP) is 3.49. The maximum absolute atomic E-state index is 12.4. The molecule has 0 atom stereocenters. The number of aromatic hydroxyl groups is 1. The Labute approximate surface area is 148 Å². The Kier molecular flexibility index (Phi) is 5.43. The van der Waals surface area contributed by atoms with Crippen LogP contribution >= 0.6 is 0 Å². The number of methoxy groups -OCH3 is 1. The van der Waals surface area contributed by atoms with Gasteiger partial charge in [0.2, 0.25) is 0 Å². The molecular formula is C20H24N2O3. The molecule has 1 aliphatic heterocycles. The maximum Gasteiger partial charge on any atom is 0.317 e. The van der Waals surface area contributed by atoms with E-state index >= 15 is 0 Å². The van der Waals surface area contributed by atoms with Gasteiger partial charge in [0.25, 0.3) is 0 Å². The number of piperidine rings is 1. The van der Waals surface area contributed by atoms with Gasteiger partial charge in [0, 0.05) is 25.2 Å². The van der Waals surface area contributed by atoms with Gasteiger partial charge in [-0.15, -0.1) is 0 Å². The standard InChI is InChI=1S/C20H24N2O3/c1-25-19-5-3-2-4-17(19)14-21-20(24)22-12-10-16(11-13-22)15-6-8-18(23)9-7-15/h2-9,16,23H,10-14H2,1H3,(H,21,24). The van der Waals surface area contributed by atoms with E-state index in [2.05, 4.69) is 5.32 Å². The zero-order valence-electron chi connectivity index (χ0n) is 14.4. The van der Waals surface area contributed by atoms with Crippen molar-refractivity contribution >= 4 is 6.03 Å². The fourth-order valence-corrected chi connectivity index (χ4v) is 3.29. The molecule has 2 aromatic carbocycles. The quantitative estimate of drug-likeness (QED) is 0.895. The van der Waals surface area contributed by atoms with Crippen molar-refractivity contribution < 1.29 is 14.6 Å². The number of para-hydroxylation sites is 1. The lowest BCUT2D eigenvalue weighted by molar-refractivity contribution is 0.181. The number of nitrogens with zero attached hydrogens (tertiary/aromatic N) is 1. The number of urea groups is 1. The number of benzene rings is 2. The number of carbonyl (C=O) groups is 1. The minimum Gasteiger partial charge on any atom is -0.508 e. The molecular weight excluding hydrogens is 316 g/mol. The number of hydrogen-bond acceptors (Lipinski definition) is 3. The summed E-state index contributed by atoms with van der Waals surface area (Å²) in [6.07, 6.45) is 1.87. The van der Waals surface area contributed by atoms with E-state index in [0.29, 0.717) is 12.5 Å². The molecule has 0 bridgehead atoms. The number of likely N-dealkylation sites (tertiary alicyclic amines) is 1. The number of phenols is 1. The summed E-state index contributed by atoms with van der Waals surface area (Å²) in [5.41, 5.74) is 2.20. The van der Waals surface area contributed by atoms with E-state index in [-0.39, 0.29) is 11.8 Å². The van der Waals surface area contributed by atoms with Gasteiger partial charge in [0.15, 0.2) is 0 Å². The van der Waals surface area contributed by atoms with Crippen LogP contribution in [0.15, 0.2) is 48.5 Å². The zero-order valence-corrected chi connectivity index (χ0v) is 14.4. The van der Waals surface area contributed by atoms with Crippen molar-refractivity contribution in [2.75, 3.05) is 20.2 Å². The molecule has 3 rings (SSSR count). The van der Waals surface area contributed by atoms with Crippen molar-refractivity contribution in [3.05, 3.63) is 59.7 Å². The van der Waals surface area contributed by atoms with Crippen LogP contribution < -0.4 is 10.1 Å². The fourth-order valence-electron chi connectivity index (χ4n) is 3.29. The zero-order chi connectivity index (χ0) is 17.6. The van der Waals surface area contributed by atoms with E-state index in [1.807, 2.05) is 41.3 Å². The minimum atomic E-state index is -0.0323. The molecule has 0 aromatic heterocycles. The van der Waals surface area contributed by atoms with Gasteiger partial charge in [-0.25, -0.2) is 4.79 Å². The highest BCUT2D eigenvalue weighted by Gasteiger charge is 2.23. The second-order valence-electron chi connectivity index (χ2n) is 6.32. The molecule has 0 spiro atoms. The first kappa shape index (κ1) is 17.1. The number of nitrogens with one attached hydrogen (secondary N) is 1. The van der Waals surface area contributed by atoms with Gasteiger partial charge >= 0.3 is 6.03 Å². The molecule has 2 N–H and O–H groups in total. The average Bonchev–Trinajstić information content (AvgIpc) is 2.67. The van der Waals surface area contributed by atoms with E-state index in [4.69, 9.17) is 4.74 Å². The molecule has 5 nitrogen and oxygen atoms in total. The van der Waals surface area contributed by atoms with Crippen LogP contribution in [0.2, 0.25) is 0 Å². The normalized spacial score (nSPS) is 15.0. The van der Waals surface area contributed by atoms with Crippen LogP contribution in [0.25, 0.3) is 0 Å². The molecule has 1 aliphatic rings. The molecule has 132 valence electrons.